The van der Waals surface area contributed by atoms with Crippen molar-refractivity contribution in [3.8, 4) is 0 Å². The number of rotatable bonds is 9. The average molecular weight is 356 g/mol. The third-order valence-corrected chi connectivity index (χ3v) is 3.31. The molecule has 0 saturated heterocycles. The van der Waals surface area contributed by atoms with Crippen molar-refractivity contribution in [2.24, 2.45) is 0 Å². The molecule has 3 atom stereocenters. The van der Waals surface area contributed by atoms with Crippen LogP contribution in [0.15, 0.2) is 0 Å². The van der Waals surface area contributed by atoms with Crippen LogP contribution < -0.4 is 0 Å². The molecule has 0 bridgehead atoms. The molecule has 0 rings (SSSR count). The summed E-state index contributed by atoms with van der Waals surface area (Å²) in [7, 11) is -4.94. The van der Waals surface area contributed by atoms with Crippen molar-refractivity contribution in [1.82, 2.24) is 0 Å². The lowest BCUT2D eigenvalue weighted by atomic mass is 10.3. The smallest absolute Gasteiger partial charge is 0.393 e. The first kappa shape index (κ1) is 21.5. The average Bonchev–Trinajstić information content (AvgIpc) is 2.22. The van der Waals surface area contributed by atoms with Crippen LogP contribution in [0, 0.1) is 0 Å². The van der Waals surface area contributed by atoms with Crippen LogP contribution in [0.3, 0.4) is 0 Å². The van der Waals surface area contributed by atoms with Gasteiger partial charge in [0.1, 0.15) is 0 Å². The molecule has 0 aromatic heterocycles. The van der Waals surface area contributed by atoms with Gasteiger partial charge in [-0.3, -0.25) is 14.4 Å². The molecule has 0 amide bonds. The lowest BCUT2D eigenvalue weighted by Crippen LogP contribution is -2.19. The zero-order valence-electron chi connectivity index (χ0n) is 13.0. The van der Waals surface area contributed by atoms with Crippen molar-refractivity contribution >= 4 is 25.7 Å². The second kappa shape index (κ2) is 9.61. The first-order chi connectivity index (χ1) is 10.4. The quantitative estimate of drug-likeness (QED) is 0.482. The Morgan fingerprint density at radius 3 is 1.13 bits per heavy atom. The minimum Gasteiger partial charge on any atom is -0.393 e. The SMILES string of the molecule is CC(O)CC(=O)OP(=O)(OC(=O)CC(C)O)OC(=O)CC(C)O. The number of hydrogen-bond donors (Lipinski definition) is 3. The topological polar surface area (TPSA) is 157 Å². The Kier molecular flexibility index (Phi) is 8.99. The Labute approximate surface area is 133 Å². The molecular weight excluding hydrogens is 335 g/mol. The Balaban J connectivity index is 5.03. The first-order valence-electron chi connectivity index (χ1n) is 6.75. The van der Waals surface area contributed by atoms with Gasteiger partial charge in [0.05, 0.1) is 37.6 Å². The van der Waals surface area contributed by atoms with Crippen LogP contribution in [0.4, 0.5) is 0 Å². The summed E-state index contributed by atoms with van der Waals surface area (Å²) in [6.07, 6.45) is -5.12. The second-order valence-electron chi connectivity index (χ2n) is 5.00. The molecule has 0 aliphatic carbocycles. The maximum absolute atomic E-state index is 12.2. The van der Waals surface area contributed by atoms with Gasteiger partial charge in [-0.05, 0) is 20.8 Å². The molecule has 0 radical (unpaired) electrons. The number of aliphatic hydroxyl groups excluding tert-OH is 3. The van der Waals surface area contributed by atoms with E-state index in [1.54, 1.807) is 0 Å². The fourth-order valence-corrected chi connectivity index (χ4v) is 2.35. The predicted molar refractivity (Wildman–Crippen MR) is 74.8 cm³/mol. The molecule has 0 aromatic carbocycles. The highest BCUT2D eigenvalue weighted by Crippen LogP contribution is 2.50. The molecular formula is C12H21O10P. The van der Waals surface area contributed by atoms with Crippen molar-refractivity contribution in [3.63, 3.8) is 0 Å². The van der Waals surface area contributed by atoms with Crippen LogP contribution in [0.5, 0.6) is 0 Å². The highest BCUT2D eigenvalue weighted by atomic mass is 31.2. The first-order valence-corrected chi connectivity index (χ1v) is 8.21. The van der Waals surface area contributed by atoms with Crippen LogP contribution in [0.1, 0.15) is 40.0 Å². The number of carbonyl (C=O) groups is 3. The molecule has 10 nitrogen and oxygen atoms in total. The number of carbonyl (C=O) groups excluding carboxylic acids is 3. The van der Waals surface area contributed by atoms with E-state index in [2.05, 4.69) is 13.6 Å². The van der Waals surface area contributed by atoms with Crippen LogP contribution in [-0.2, 0) is 32.5 Å². The molecule has 3 unspecified atom stereocenters. The maximum Gasteiger partial charge on any atom is 0.653 e. The van der Waals surface area contributed by atoms with Gasteiger partial charge in [0.2, 0.25) is 0 Å². The van der Waals surface area contributed by atoms with Gasteiger partial charge in [-0.25, -0.2) is 0 Å². The van der Waals surface area contributed by atoms with Crippen molar-refractivity contribution in [1.29, 1.82) is 0 Å². The fourth-order valence-electron chi connectivity index (χ4n) is 1.27. The second-order valence-corrected chi connectivity index (χ2v) is 6.44. The van der Waals surface area contributed by atoms with Gasteiger partial charge in [0.15, 0.2) is 0 Å². The molecule has 11 heteroatoms. The number of phosphoric ester groups is 1. The minimum atomic E-state index is -4.94. The molecule has 0 aromatic rings. The third-order valence-electron chi connectivity index (χ3n) is 2.03. The lowest BCUT2D eigenvalue weighted by molar-refractivity contribution is -0.146. The molecule has 0 aliphatic heterocycles. The van der Waals surface area contributed by atoms with Crippen LogP contribution >= 0.6 is 7.82 Å². The monoisotopic (exact) mass is 356 g/mol. The van der Waals surface area contributed by atoms with Crippen molar-refractivity contribution in [2.75, 3.05) is 0 Å². The van der Waals surface area contributed by atoms with E-state index in [-0.39, 0.29) is 0 Å². The Hall–Kier alpha value is -1.48. The van der Waals surface area contributed by atoms with Gasteiger partial charge in [-0.1, -0.05) is 0 Å². The summed E-state index contributed by atoms with van der Waals surface area (Å²) >= 11 is 0. The van der Waals surface area contributed by atoms with Gasteiger partial charge in [0, 0.05) is 0 Å². The molecule has 0 saturated carbocycles. The largest absolute Gasteiger partial charge is 0.653 e. The van der Waals surface area contributed by atoms with E-state index in [4.69, 9.17) is 15.3 Å². The van der Waals surface area contributed by atoms with Crippen LogP contribution in [0.2, 0.25) is 0 Å². The Bertz CT molecular complexity index is 404. The summed E-state index contributed by atoms with van der Waals surface area (Å²) in [6.45, 7) is 3.77. The summed E-state index contributed by atoms with van der Waals surface area (Å²) in [5, 5.41) is 27.1. The van der Waals surface area contributed by atoms with Crippen molar-refractivity contribution < 1.29 is 47.8 Å². The predicted octanol–water partition coefficient (Wildman–Crippen LogP) is 0.0368. The number of phosphoric acid groups is 1. The molecule has 134 valence electrons. The number of hydrogen-bond acceptors (Lipinski definition) is 10. The molecule has 0 aliphatic rings. The van der Waals surface area contributed by atoms with E-state index in [0.29, 0.717) is 0 Å². The van der Waals surface area contributed by atoms with Gasteiger partial charge in [-0.2, -0.15) is 4.57 Å². The van der Waals surface area contributed by atoms with Gasteiger partial charge >= 0.3 is 25.7 Å². The lowest BCUT2D eigenvalue weighted by Gasteiger charge is -2.17. The maximum atomic E-state index is 12.2. The van der Waals surface area contributed by atoms with Crippen molar-refractivity contribution in [2.45, 2.75) is 58.3 Å². The molecule has 3 N–H and O–H groups in total. The number of aliphatic hydroxyl groups is 3. The van der Waals surface area contributed by atoms with Gasteiger partial charge in [-0.15, -0.1) is 0 Å². The highest BCUT2D eigenvalue weighted by molar-refractivity contribution is 7.50. The van der Waals surface area contributed by atoms with Crippen molar-refractivity contribution in [3.05, 3.63) is 0 Å². The van der Waals surface area contributed by atoms with Crippen LogP contribution in [0.25, 0.3) is 0 Å². The Morgan fingerprint density at radius 1 is 0.739 bits per heavy atom. The van der Waals surface area contributed by atoms with E-state index in [9.17, 15) is 18.9 Å². The van der Waals surface area contributed by atoms with E-state index in [0.717, 1.165) is 0 Å². The normalized spacial score (nSPS) is 17.3. The molecule has 23 heavy (non-hydrogen) atoms. The Morgan fingerprint density at radius 2 is 0.957 bits per heavy atom. The highest BCUT2D eigenvalue weighted by Gasteiger charge is 2.39. The molecule has 0 fully saturated rings. The minimum absolute atomic E-state index is 0.577. The van der Waals surface area contributed by atoms with E-state index >= 15 is 0 Å². The molecule has 0 heterocycles. The van der Waals surface area contributed by atoms with Gasteiger partial charge < -0.3 is 28.9 Å². The summed E-state index contributed by atoms with van der Waals surface area (Å²) in [4.78, 5) is 34.3. The fraction of sp³-hybridized carbons (Fsp3) is 0.750. The molecule has 0 spiro atoms. The summed E-state index contributed by atoms with van der Waals surface area (Å²) < 4.78 is 25.3. The van der Waals surface area contributed by atoms with Gasteiger partial charge in [0.25, 0.3) is 0 Å². The zero-order valence-corrected chi connectivity index (χ0v) is 13.9. The van der Waals surface area contributed by atoms with E-state index in [1.165, 1.54) is 20.8 Å². The summed E-state index contributed by atoms with van der Waals surface area (Å²) in [5.74, 6) is -3.67. The summed E-state index contributed by atoms with van der Waals surface area (Å²) in [5.41, 5.74) is 0. The standard InChI is InChI=1S/C12H21O10P/c1-7(13)4-10(16)20-23(19,21-11(17)5-8(2)14)22-12(18)6-9(3)15/h7-9,13-15H,4-6H2,1-3H3. The summed E-state index contributed by atoms with van der Waals surface area (Å²) in [6, 6.07) is 0. The zero-order chi connectivity index (χ0) is 18.2. The van der Waals surface area contributed by atoms with E-state index in [1.807, 2.05) is 0 Å². The van der Waals surface area contributed by atoms with E-state index < -0.39 is 63.3 Å². The van der Waals surface area contributed by atoms with Crippen LogP contribution in [-0.4, -0.2) is 51.5 Å². The third kappa shape index (κ3) is 10.8.